The molecule has 0 radical (unpaired) electrons. The summed E-state index contributed by atoms with van der Waals surface area (Å²) >= 11 is 11.9. The third-order valence-corrected chi connectivity index (χ3v) is 7.29. The van der Waals surface area contributed by atoms with E-state index >= 15 is 8.78 Å². The first kappa shape index (κ1) is 22.9. The van der Waals surface area contributed by atoms with Gasteiger partial charge in [0, 0.05) is 16.5 Å². The highest BCUT2D eigenvalue weighted by Crippen LogP contribution is 2.56. The van der Waals surface area contributed by atoms with Gasteiger partial charge in [-0.1, -0.05) is 41.4 Å². The quantitative estimate of drug-likeness (QED) is 0.589. The molecular formula is C23H20Cl2F2N2O3. The number of halogens is 4. The molecule has 0 amide bonds. The number of nitrogens with zero attached hydrogens (tertiary/aromatic N) is 1. The summed E-state index contributed by atoms with van der Waals surface area (Å²) in [5.74, 6) is -4.73. The molecular weight excluding hydrogens is 461 g/mol. The second-order valence-electron chi connectivity index (χ2n) is 8.64. The van der Waals surface area contributed by atoms with Crippen LogP contribution in [0, 0.1) is 28.9 Å². The number of carboxylic acids is 1. The first-order valence-electron chi connectivity index (χ1n) is 10.1. The standard InChI is InChI=1S/C23H20Cl2F2N2O3/c1-22(32,11-5-6-11)21-23(10-28,14-8-7-12(24)9-16(14)26)17(19(29-21)20(30)31)13-3-2-4-15(25)18(13)27/h2-4,7-9,11,17,19,21,29,32H,5-6H2,1H3,(H,30,31)/t17-,19+,21+,22?,23+/m1/s1. The Morgan fingerprint density at radius 2 is 1.97 bits per heavy atom. The number of carboxylic acid groups (broad SMARTS) is 1. The van der Waals surface area contributed by atoms with Crippen LogP contribution in [-0.4, -0.2) is 33.9 Å². The fraction of sp³-hybridized carbons (Fsp3) is 0.391. The Kier molecular flexibility index (Phi) is 5.71. The summed E-state index contributed by atoms with van der Waals surface area (Å²) in [6.45, 7) is 1.50. The first-order chi connectivity index (χ1) is 15.1. The van der Waals surface area contributed by atoms with Crippen LogP contribution in [0.4, 0.5) is 8.78 Å². The number of hydrogen-bond acceptors (Lipinski definition) is 4. The SMILES string of the molecule is CC(O)(C1CC1)[C@@H]1N[C@H](C(=O)O)[C@@H](c2cccc(Cl)c2F)[C@]1(C#N)c1ccc(Cl)cc1F. The second-order valence-corrected chi connectivity index (χ2v) is 9.49. The maximum atomic E-state index is 15.3. The number of hydrogen-bond donors (Lipinski definition) is 3. The number of carbonyl (C=O) groups is 1. The van der Waals surface area contributed by atoms with Crippen molar-refractivity contribution in [3.05, 3.63) is 69.2 Å². The third kappa shape index (κ3) is 3.37. The molecule has 1 saturated carbocycles. The van der Waals surface area contributed by atoms with Crippen LogP contribution in [0.5, 0.6) is 0 Å². The molecule has 2 fully saturated rings. The van der Waals surface area contributed by atoms with Crippen molar-refractivity contribution in [1.82, 2.24) is 5.32 Å². The van der Waals surface area contributed by atoms with Gasteiger partial charge in [-0.2, -0.15) is 5.26 Å². The van der Waals surface area contributed by atoms with E-state index in [0.29, 0.717) is 12.8 Å². The van der Waals surface area contributed by atoms with E-state index in [0.717, 1.165) is 6.07 Å². The van der Waals surface area contributed by atoms with Gasteiger partial charge >= 0.3 is 5.97 Å². The maximum Gasteiger partial charge on any atom is 0.321 e. The zero-order valence-electron chi connectivity index (χ0n) is 16.9. The fourth-order valence-electron chi connectivity index (χ4n) is 5.12. The molecule has 1 aliphatic carbocycles. The molecule has 168 valence electrons. The highest BCUT2D eigenvalue weighted by Gasteiger charge is 2.67. The molecule has 5 atom stereocenters. The average molecular weight is 481 g/mol. The molecule has 0 spiro atoms. The van der Waals surface area contributed by atoms with E-state index < -0.39 is 46.6 Å². The van der Waals surface area contributed by atoms with Crippen LogP contribution in [0.3, 0.4) is 0 Å². The van der Waals surface area contributed by atoms with Crippen molar-refractivity contribution in [3.63, 3.8) is 0 Å². The molecule has 2 aromatic rings. The molecule has 0 aromatic heterocycles. The van der Waals surface area contributed by atoms with E-state index in [-0.39, 0.29) is 27.1 Å². The number of rotatable bonds is 5. The molecule has 5 nitrogen and oxygen atoms in total. The smallest absolute Gasteiger partial charge is 0.321 e. The Morgan fingerprint density at radius 1 is 1.28 bits per heavy atom. The first-order valence-corrected chi connectivity index (χ1v) is 10.8. The van der Waals surface area contributed by atoms with Gasteiger partial charge in [0.1, 0.15) is 23.1 Å². The average Bonchev–Trinajstić information content (AvgIpc) is 3.52. The molecule has 9 heteroatoms. The Labute approximate surface area is 193 Å². The van der Waals surface area contributed by atoms with Crippen molar-refractivity contribution in [2.24, 2.45) is 5.92 Å². The van der Waals surface area contributed by atoms with Crippen molar-refractivity contribution in [1.29, 1.82) is 5.26 Å². The van der Waals surface area contributed by atoms with Crippen LogP contribution in [0.15, 0.2) is 36.4 Å². The molecule has 4 rings (SSSR count). The highest BCUT2D eigenvalue weighted by molar-refractivity contribution is 6.31. The molecule has 1 heterocycles. The van der Waals surface area contributed by atoms with Crippen LogP contribution in [0.1, 0.15) is 36.8 Å². The van der Waals surface area contributed by atoms with Crippen molar-refractivity contribution < 1.29 is 23.8 Å². The number of aliphatic hydroxyl groups is 1. The highest BCUT2D eigenvalue weighted by atomic mass is 35.5. The van der Waals surface area contributed by atoms with E-state index in [1.165, 1.54) is 37.3 Å². The maximum absolute atomic E-state index is 15.3. The Morgan fingerprint density at radius 3 is 2.53 bits per heavy atom. The Hall–Kier alpha value is -2.24. The van der Waals surface area contributed by atoms with Crippen molar-refractivity contribution in [3.8, 4) is 6.07 Å². The molecule has 1 aliphatic heterocycles. The van der Waals surface area contributed by atoms with E-state index in [1.807, 2.05) is 0 Å². The lowest BCUT2D eigenvalue weighted by molar-refractivity contribution is -0.139. The fourth-order valence-corrected chi connectivity index (χ4v) is 5.47. The van der Waals surface area contributed by atoms with Gasteiger partial charge in [-0.25, -0.2) is 8.78 Å². The summed E-state index contributed by atoms with van der Waals surface area (Å²) in [5, 5.41) is 34.7. The minimum atomic E-state index is -1.98. The van der Waals surface area contributed by atoms with Gasteiger partial charge in [0.2, 0.25) is 0 Å². The third-order valence-electron chi connectivity index (χ3n) is 6.76. The van der Waals surface area contributed by atoms with Crippen LogP contribution in [-0.2, 0) is 10.2 Å². The van der Waals surface area contributed by atoms with E-state index in [1.54, 1.807) is 0 Å². The molecule has 2 aliphatic rings. The number of nitrogens with one attached hydrogen (secondary N) is 1. The Balaban J connectivity index is 2.06. The summed E-state index contributed by atoms with van der Waals surface area (Å²) < 4.78 is 30.5. The van der Waals surface area contributed by atoms with Gasteiger partial charge in [0.05, 0.1) is 22.7 Å². The lowest BCUT2D eigenvalue weighted by Gasteiger charge is -2.41. The topological polar surface area (TPSA) is 93.3 Å². The summed E-state index contributed by atoms with van der Waals surface area (Å²) in [6, 6.07) is 7.13. The molecule has 1 unspecified atom stereocenters. The van der Waals surface area contributed by atoms with Gasteiger partial charge in [-0.15, -0.1) is 0 Å². The zero-order valence-corrected chi connectivity index (χ0v) is 18.5. The summed E-state index contributed by atoms with van der Waals surface area (Å²) in [6.07, 6.45) is 1.34. The predicted octanol–water partition coefficient (Wildman–Crippen LogP) is 4.40. The summed E-state index contributed by atoms with van der Waals surface area (Å²) in [5.41, 5.74) is -3.87. The summed E-state index contributed by atoms with van der Waals surface area (Å²) in [4.78, 5) is 12.3. The van der Waals surface area contributed by atoms with Crippen LogP contribution in [0.2, 0.25) is 10.0 Å². The molecule has 3 N–H and O–H groups in total. The minimum Gasteiger partial charge on any atom is -0.480 e. The van der Waals surface area contributed by atoms with Gasteiger partial charge in [0.15, 0.2) is 0 Å². The largest absolute Gasteiger partial charge is 0.480 e. The van der Waals surface area contributed by atoms with Gasteiger partial charge in [-0.3, -0.25) is 10.1 Å². The molecule has 32 heavy (non-hydrogen) atoms. The number of aliphatic carboxylic acids is 1. The van der Waals surface area contributed by atoms with Crippen molar-refractivity contribution in [2.45, 2.75) is 48.8 Å². The lowest BCUT2D eigenvalue weighted by Crippen LogP contribution is -2.58. The van der Waals surface area contributed by atoms with Crippen LogP contribution < -0.4 is 5.32 Å². The second kappa shape index (κ2) is 7.96. The lowest BCUT2D eigenvalue weighted by atomic mass is 9.61. The molecule has 2 aromatic carbocycles. The molecule has 1 saturated heterocycles. The van der Waals surface area contributed by atoms with Crippen molar-refractivity contribution >= 4 is 29.2 Å². The van der Waals surface area contributed by atoms with Crippen LogP contribution in [0.25, 0.3) is 0 Å². The predicted molar refractivity (Wildman–Crippen MR) is 115 cm³/mol. The van der Waals surface area contributed by atoms with Gasteiger partial charge in [-0.05, 0) is 49.4 Å². The molecule has 0 bridgehead atoms. The summed E-state index contributed by atoms with van der Waals surface area (Å²) in [7, 11) is 0. The Bertz CT molecular complexity index is 1130. The normalized spacial score (nSPS) is 29.3. The van der Waals surface area contributed by atoms with Crippen molar-refractivity contribution in [2.75, 3.05) is 0 Å². The van der Waals surface area contributed by atoms with Gasteiger partial charge < -0.3 is 10.2 Å². The number of benzene rings is 2. The van der Waals surface area contributed by atoms with E-state index in [9.17, 15) is 20.3 Å². The minimum absolute atomic E-state index is 0.0797. The number of nitriles is 1. The van der Waals surface area contributed by atoms with E-state index in [4.69, 9.17) is 23.2 Å². The monoisotopic (exact) mass is 480 g/mol. The zero-order chi connectivity index (χ0) is 23.4. The van der Waals surface area contributed by atoms with Crippen LogP contribution >= 0.6 is 23.2 Å². The van der Waals surface area contributed by atoms with Gasteiger partial charge in [0.25, 0.3) is 0 Å². The van der Waals surface area contributed by atoms with E-state index in [2.05, 4.69) is 11.4 Å².